The number of hydrogen-bond acceptors (Lipinski definition) is 3. The molecule has 18 heavy (non-hydrogen) atoms. The van der Waals surface area contributed by atoms with Gasteiger partial charge in [-0.3, -0.25) is 9.69 Å². The Balaban J connectivity index is 2.40. The maximum Gasteiger partial charge on any atom is 0.236 e. The zero-order valence-corrected chi connectivity index (χ0v) is 12.6. The average Bonchev–Trinajstić information content (AvgIpc) is 2.31. The number of likely N-dealkylation sites (N-methyl/N-ethyl adjacent to an activating group) is 1. The second-order valence-corrected chi connectivity index (χ2v) is 5.76. The number of likely N-dealkylation sites (tertiary alicyclic amines) is 1. The van der Waals surface area contributed by atoms with Crippen molar-refractivity contribution in [2.75, 3.05) is 33.2 Å². The van der Waals surface area contributed by atoms with Crippen LogP contribution in [0.15, 0.2) is 0 Å². The summed E-state index contributed by atoms with van der Waals surface area (Å²) in [5.41, 5.74) is 0. The van der Waals surface area contributed by atoms with Crippen LogP contribution in [-0.4, -0.2) is 61.0 Å². The van der Waals surface area contributed by atoms with Gasteiger partial charge in [-0.05, 0) is 32.7 Å². The van der Waals surface area contributed by atoms with Gasteiger partial charge in [-0.2, -0.15) is 0 Å². The van der Waals surface area contributed by atoms with Gasteiger partial charge in [-0.15, -0.1) is 0 Å². The zero-order valence-electron chi connectivity index (χ0n) is 12.6. The van der Waals surface area contributed by atoms with E-state index in [9.17, 15) is 4.79 Å². The molecule has 0 saturated carbocycles. The maximum absolute atomic E-state index is 12.0. The normalized spacial score (nSPS) is 25.4. The molecule has 1 amide bonds. The van der Waals surface area contributed by atoms with E-state index in [0.29, 0.717) is 18.5 Å². The smallest absolute Gasteiger partial charge is 0.236 e. The molecular formula is C14H29N3O. The molecule has 1 saturated heterocycles. The lowest BCUT2D eigenvalue weighted by atomic mass is 9.94. The highest BCUT2D eigenvalue weighted by Gasteiger charge is 2.27. The van der Waals surface area contributed by atoms with E-state index in [1.807, 2.05) is 11.9 Å². The van der Waals surface area contributed by atoms with Crippen LogP contribution >= 0.6 is 0 Å². The lowest BCUT2D eigenvalue weighted by Gasteiger charge is -2.37. The molecule has 4 heteroatoms. The Morgan fingerprint density at radius 3 is 2.67 bits per heavy atom. The summed E-state index contributed by atoms with van der Waals surface area (Å²) in [7, 11) is 1.89. The molecule has 4 nitrogen and oxygen atoms in total. The van der Waals surface area contributed by atoms with E-state index in [1.54, 1.807) is 0 Å². The minimum absolute atomic E-state index is 0.235. The first kappa shape index (κ1) is 15.4. The van der Waals surface area contributed by atoms with Gasteiger partial charge >= 0.3 is 0 Å². The lowest BCUT2D eigenvalue weighted by molar-refractivity contribution is -0.133. The molecule has 1 N–H and O–H groups in total. The van der Waals surface area contributed by atoms with Crippen LogP contribution in [0.5, 0.6) is 0 Å². The van der Waals surface area contributed by atoms with Crippen LogP contribution < -0.4 is 5.32 Å². The molecule has 0 spiro atoms. The van der Waals surface area contributed by atoms with Crippen LogP contribution in [0.2, 0.25) is 0 Å². The number of nitrogens with one attached hydrogen (secondary N) is 1. The molecule has 1 aliphatic rings. The largest absolute Gasteiger partial charge is 0.342 e. The summed E-state index contributed by atoms with van der Waals surface area (Å²) < 4.78 is 0. The third-order valence-corrected chi connectivity index (χ3v) is 3.98. The van der Waals surface area contributed by atoms with E-state index in [4.69, 9.17) is 0 Å². The van der Waals surface area contributed by atoms with Crippen LogP contribution in [0.1, 0.15) is 34.1 Å². The first-order chi connectivity index (χ1) is 8.45. The Bertz CT molecular complexity index is 268. The van der Waals surface area contributed by atoms with E-state index >= 15 is 0 Å². The minimum atomic E-state index is 0.235. The molecule has 1 rings (SSSR count). The summed E-state index contributed by atoms with van der Waals surface area (Å²) in [5, 5.41) is 3.53. The Kier molecular flexibility index (Phi) is 6.09. The molecule has 106 valence electrons. The summed E-state index contributed by atoms with van der Waals surface area (Å²) in [5.74, 6) is 0.856. The van der Waals surface area contributed by atoms with Crippen LogP contribution in [-0.2, 0) is 4.79 Å². The van der Waals surface area contributed by atoms with Gasteiger partial charge in [0.15, 0.2) is 0 Å². The molecule has 1 aliphatic heterocycles. The molecule has 0 aliphatic carbocycles. The first-order valence-corrected chi connectivity index (χ1v) is 7.17. The summed E-state index contributed by atoms with van der Waals surface area (Å²) in [6.07, 6.45) is 1.15. The highest BCUT2D eigenvalue weighted by Crippen LogP contribution is 2.16. The van der Waals surface area contributed by atoms with Gasteiger partial charge in [0.1, 0.15) is 0 Å². The van der Waals surface area contributed by atoms with E-state index in [1.165, 1.54) is 0 Å². The summed E-state index contributed by atoms with van der Waals surface area (Å²) in [6, 6.07) is 0.901. The molecule has 0 aromatic carbocycles. The van der Waals surface area contributed by atoms with Crippen molar-refractivity contribution in [1.82, 2.24) is 15.1 Å². The zero-order chi connectivity index (χ0) is 13.7. The number of piperidine rings is 1. The van der Waals surface area contributed by atoms with E-state index in [-0.39, 0.29) is 11.9 Å². The fraction of sp³-hybridized carbons (Fsp3) is 0.929. The Morgan fingerprint density at radius 2 is 2.17 bits per heavy atom. The van der Waals surface area contributed by atoms with Gasteiger partial charge in [-0.25, -0.2) is 0 Å². The van der Waals surface area contributed by atoms with Gasteiger partial charge < -0.3 is 10.2 Å². The summed E-state index contributed by atoms with van der Waals surface area (Å²) in [4.78, 5) is 16.2. The molecule has 2 unspecified atom stereocenters. The first-order valence-electron chi connectivity index (χ1n) is 7.17. The van der Waals surface area contributed by atoms with Gasteiger partial charge in [0, 0.05) is 32.2 Å². The van der Waals surface area contributed by atoms with Crippen molar-refractivity contribution >= 4 is 5.91 Å². The third-order valence-electron chi connectivity index (χ3n) is 3.98. The van der Waals surface area contributed by atoms with Crippen LogP contribution in [0, 0.1) is 5.92 Å². The van der Waals surface area contributed by atoms with Crippen molar-refractivity contribution in [3.05, 3.63) is 0 Å². The number of carbonyl (C=O) groups excluding carboxylic acids is 1. The van der Waals surface area contributed by atoms with Crippen LogP contribution in [0.4, 0.5) is 0 Å². The molecule has 1 heterocycles. The van der Waals surface area contributed by atoms with Gasteiger partial charge in [0.05, 0.1) is 6.54 Å². The third kappa shape index (κ3) is 4.25. The lowest BCUT2D eigenvalue weighted by Crippen LogP contribution is -2.51. The van der Waals surface area contributed by atoms with E-state index in [2.05, 4.69) is 37.9 Å². The number of nitrogens with zero attached hydrogens (tertiary/aromatic N) is 2. The second kappa shape index (κ2) is 7.10. The number of rotatable bonds is 5. The topological polar surface area (TPSA) is 35.6 Å². The van der Waals surface area contributed by atoms with E-state index in [0.717, 1.165) is 26.1 Å². The van der Waals surface area contributed by atoms with Crippen molar-refractivity contribution in [2.45, 2.75) is 46.2 Å². The SMILES string of the molecule is CCNC1CCN(CC(=O)N(C)C(C)C)CC1C. The van der Waals surface area contributed by atoms with Gasteiger partial charge in [0.2, 0.25) is 5.91 Å². The summed E-state index contributed by atoms with van der Waals surface area (Å²) in [6.45, 7) is 12.2. The van der Waals surface area contributed by atoms with Crippen molar-refractivity contribution in [1.29, 1.82) is 0 Å². The molecule has 1 fully saturated rings. The number of amides is 1. The van der Waals surface area contributed by atoms with Crippen molar-refractivity contribution < 1.29 is 4.79 Å². The van der Waals surface area contributed by atoms with Crippen molar-refractivity contribution in [3.63, 3.8) is 0 Å². The van der Waals surface area contributed by atoms with Crippen LogP contribution in [0.25, 0.3) is 0 Å². The van der Waals surface area contributed by atoms with Crippen molar-refractivity contribution in [3.8, 4) is 0 Å². The number of hydrogen-bond donors (Lipinski definition) is 1. The standard InChI is InChI=1S/C14H29N3O/c1-6-15-13-7-8-17(9-12(13)4)10-14(18)16(5)11(2)3/h11-13,15H,6-10H2,1-5H3. The van der Waals surface area contributed by atoms with Gasteiger partial charge in [0.25, 0.3) is 0 Å². The van der Waals surface area contributed by atoms with Gasteiger partial charge in [-0.1, -0.05) is 13.8 Å². The minimum Gasteiger partial charge on any atom is -0.342 e. The Hall–Kier alpha value is -0.610. The highest BCUT2D eigenvalue weighted by atomic mass is 16.2. The quantitative estimate of drug-likeness (QED) is 0.801. The number of carbonyl (C=O) groups is 1. The molecule has 2 atom stereocenters. The second-order valence-electron chi connectivity index (χ2n) is 5.76. The monoisotopic (exact) mass is 255 g/mol. The molecule has 0 bridgehead atoms. The molecule has 0 aromatic heterocycles. The Labute approximate surface area is 112 Å². The predicted octanol–water partition coefficient (Wildman–Crippen LogP) is 1.17. The fourth-order valence-electron chi connectivity index (χ4n) is 2.53. The van der Waals surface area contributed by atoms with Crippen molar-refractivity contribution in [2.24, 2.45) is 5.92 Å². The van der Waals surface area contributed by atoms with E-state index < -0.39 is 0 Å². The van der Waals surface area contributed by atoms with Crippen LogP contribution in [0.3, 0.4) is 0 Å². The summed E-state index contributed by atoms with van der Waals surface area (Å²) >= 11 is 0. The average molecular weight is 255 g/mol. The molecular weight excluding hydrogens is 226 g/mol. The maximum atomic E-state index is 12.0. The predicted molar refractivity (Wildman–Crippen MR) is 75.6 cm³/mol. The highest BCUT2D eigenvalue weighted by molar-refractivity contribution is 5.78. The molecule has 0 radical (unpaired) electrons. The Morgan fingerprint density at radius 1 is 1.50 bits per heavy atom. The molecule has 0 aromatic rings. The fourth-order valence-corrected chi connectivity index (χ4v) is 2.53.